The number of aromatic nitrogens is 4. The zero-order valence-electron chi connectivity index (χ0n) is 16.8. The lowest BCUT2D eigenvalue weighted by atomic mass is 10.1. The molecule has 1 N–H and O–H groups in total. The van der Waals surface area contributed by atoms with E-state index in [-0.39, 0.29) is 30.1 Å². The van der Waals surface area contributed by atoms with Gasteiger partial charge in [0.2, 0.25) is 0 Å². The Kier molecular flexibility index (Phi) is 6.14. The molecule has 1 atom stereocenters. The van der Waals surface area contributed by atoms with E-state index in [1.165, 1.54) is 29.1 Å². The summed E-state index contributed by atoms with van der Waals surface area (Å²) in [6.45, 7) is 6.32. The Morgan fingerprint density at radius 1 is 1.23 bits per heavy atom. The molecule has 0 aliphatic heterocycles. The number of nitrogens with one attached hydrogen (secondary N) is 1. The number of benzene rings is 1. The Bertz CT molecular complexity index is 1030. The molecule has 2 aromatic heterocycles. The first-order valence-corrected chi connectivity index (χ1v) is 9.35. The number of ether oxygens (including phenoxy) is 1. The minimum Gasteiger partial charge on any atom is -0.471 e. The van der Waals surface area contributed by atoms with Crippen LogP contribution >= 0.6 is 0 Å². The van der Waals surface area contributed by atoms with Crippen LogP contribution in [0.2, 0.25) is 0 Å². The summed E-state index contributed by atoms with van der Waals surface area (Å²) in [5.74, 6) is -0.313. The third kappa shape index (κ3) is 5.00. The lowest BCUT2D eigenvalue weighted by Crippen LogP contribution is -2.27. The molecule has 0 saturated heterocycles. The molecule has 0 bridgehead atoms. The van der Waals surface area contributed by atoms with E-state index in [9.17, 15) is 18.0 Å². The van der Waals surface area contributed by atoms with Gasteiger partial charge in [-0.2, -0.15) is 23.4 Å². The maximum Gasteiger partial charge on any atom is 0.416 e. The van der Waals surface area contributed by atoms with E-state index < -0.39 is 11.7 Å². The maximum absolute atomic E-state index is 12.8. The van der Waals surface area contributed by atoms with E-state index in [1.54, 1.807) is 4.68 Å². The molecule has 160 valence electrons. The second-order valence-electron chi connectivity index (χ2n) is 6.76. The van der Waals surface area contributed by atoms with Gasteiger partial charge in [-0.3, -0.25) is 9.48 Å². The van der Waals surface area contributed by atoms with Gasteiger partial charge in [0.15, 0.2) is 6.73 Å². The second-order valence-corrected chi connectivity index (χ2v) is 6.76. The molecular formula is C20H22F3N5O2. The molecule has 3 rings (SSSR count). The van der Waals surface area contributed by atoms with E-state index in [0.29, 0.717) is 0 Å². The molecule has 1 unspecified atom stereocenters. The third-order valence-electron chi connectivity index (χ3n) is 4.52. The average molecular weight is 421 g/mol. The van der Waals surface area contributed by atoms with Gasteiger partial charge in [0, 0.05) is 24.5 Å². The molecule has 1 aromatic carbocycles. The molecule has 30 heavy (non-hydrogen) atoms. The number of halogens is 3. The molecule has 0 aliphatic carbocycles. The normalized spacial score (nSPS) is 12.6. The van der Waals surface area contributed by atoms with Gasteiger partial charge in [-0.05, 0) is 45.0 Å². The Balaban J connectivity index is 1.60. The van der Waals surface area contributed by atoms with Gasteiger partial charge >= 0.3 is 6.18 Å². The van der Waals surface area contributed by atoms with Gasteiger partial charge in [0.1, 0.15) is 11.4 Å². The second kappa shape index (κ2) is 8.60. The van der Waals surface area contributed by atoms with E-state index in [0.717, 1.165) is 29.9 Å². The van der Waals surface area contributed by atoms with Gasteiger partial charge in [0.05, 0.1) is 17.3 Å². The SMILES string of the molecule is CCn1cc(C(C)NC(=O)c2ccn(COc3cccc(C(F)(F)F)c3)n2)c(C)n1. The van der Waals surface area contributed by atoms with Gasteiger partial charge < -0.3 is 10.1 Å². The predicted molar refractivity (Wildman–Crippen MR) is 103 cm³/mol. The monoisotopic (exact) mass is 421 g/mol. The lowest BCUT2D eigenvalue weighted by Gasteiger charge is -2.12. The van der Waals surface area contributed by atoms with Crippen molar-refractivity contribution in [2.75, 3.05) is 0 Å². The van der Waals surface area contributed by atoms with Crippen molar-refractivity contribution >= 4 is 5.91 Å². The maximum atomic E-state index is 12.8. The summed E-state index contributed by atoms with van der Waals surface area (Å²) >= 11 is 0. The minimum atomic E-state index is -4.45. The summed E-state index contributed by atoms with van der Waals surface area (Å²) in [4.78, 5) is 12.5. The van der Waals surface area contributed by atoms with Crippen LogP contribution in [0.3, 0.4) is 0 Å². The number of alkyl halides is 3. The van der Waals surface area contributed by atoms with Gasteiger partial charge in [-0.1, -0.05) is 6.07 Å². The predicted octanol–water partition coefficient (Wildman–Crippen LogP) is 3.95. The molecule has 0 aliphatic rings. The zero-order chi connectivity index (χ0) is 21.9. The largest absolute Gasteiger partial charge is 0.471 e. The number of aryl methyl sites for hydroxylation is 2. The quantitative estimate of drug-likeness (QED) is 0.627. The highest BCUT2D eigenvalue weighted by molar-refractivity contribution is 5.92. The first-order chi connectivity index (χ1) is 14.2. The number of carbonyl (C=O) groups excluding carboxylic acids is 1. The summed E-state index contributed by atoms with van der Waals surface area (Å²) in [6.07, 6.45) is -1.03. The van der Waals surface area contributed by atoms with E-state index >= 15 is 0 Å². The van der Waals surface area contributed by atoms with Crippen molar-refractivity contribution in [2.45, 2.75) is 46.3 Å². The number of rotatable bonds is 7. The van der Waals surface area contributed by atoms with Crippen LogP contribution in [0.25, 0.3) is 0 Å². The number of nitrogens with zero attached hydrogens (tertiary/aromatic N) is 4. The van der Waals surface area contributed by atoms with E-state index in [2.05, 4.69) is 15.5 Å². The molecule has 0 fully saturated rings. The van der Waals surface area contributed by atoms with Crippen molar-refractivity contribution in [3.63, 3.8) is 0 Å². The fourth-order valence-electron chi connectivity index (χ4n) is 2.93. The third-order valence-corrected chi connectivity index (χ3v) is 4.52. The molecule has 10 heteroatoms. The smallest absolute Gasteiger partial charge is 0.416 e. The minimum absolute atomic E-state index is 0.0587. The molecule has 0 spiro atoms. The summed E-state index contributed by atoms with van der Waals surface area (Å²) in [6, 6.07) is 5.83. The molecule has 2 heterocycles. The van der Waals surface area contributed by atoms with E-state index in [1.807, 2.05) is 27.0 Å². The molecule has 0 saturated carbocycles. The standard InChI is InChI=1S/C20H22F3N5O2/c1-4-27-11-17(14(3)25-27)13(2)24-19(29)18-8-9-28(26-18)12-30-16-7-5-6-15(10-16)20(21,22)23/h5-11,13H,4,12H2,1-3H3,(H,24,29). The van der Waals surface area contributed by atoms with Crippen LogP contribution in [0.5, 0.6) is 5.75 Å². The lowest BCUT2D eigenvalue weighted by molar-refractivity contribution is -0.137. The van der Waals surface area contributed by atoms with Gasteiger partial charge in [-0.15, -0.1) is 0 Å². The van der Waals surface area contributed by atoms with Gasteiger partial charge in [-0.25, -0.2) is 4.68 Å². The number of hydrogen-bond donors (Lipinski definition) is 1. The van der Waals surface area contributed by atoms with Gasteiger partial charge in [0.25, 0.3) is 5.91 Å². The highest BCUT2D eigenvalue weighted by Gasteiger charge is 2.30. The zero-order valence-corrected chi connectivity index (χ0v) is 16.8. The summed E-state index contributed by atoms with van der Waals surface area (Å²) in [5.41, 5.74) is 1.13. The fraction of sp³-hybridized carbons (Fsp3) is 0.350. The fourth-order valence-corrected chi connectivity index (χ4v) is 2.93. The van der Waals surface area contributed by atoms with Crippen LogP contribution in [0.15, 0.2) is 42.7 Å². The number of carbonyl (C=O) groups is 1. The number of hydrogen-bond acceptors (Lipinski definition) is 4. The Labute approximate surface area is 171 Å². The van der Waals surface area contributed by atoms with Crippen LogP contribution in [-0.4, -0.2) is 25.5 Å². The van der Waals surface area contributed by atoms with Crippen LogP contribution < -0.4 is 10.1 Å². The van der Waals surface area contributed by atoms with Crippen LogP contribution in [0, 0.1) is 6.92 Å². The molecule has 0 radical (unpaired) electrons. The van der Waals surface area contributed by atoms with Crippen molar-refractivity contribution in [2.24, 2.45) is 0 Å². The van der Waals surface area contributed by atoms with Crippen molar-refractivity contribution in [1.82, 2.24) is 24.9 Å². The summed E-state index contributed by atoms with van der Waals surface area (Å²) < 4.78 is 46.8. The van der Waals surface area contributed by atoms with Crippen LogP contribution in [0.1, 0.15) is 47.2 Å². The summed E-state index contributed by atoms with van der Waals surface area (Å²) in [7, 11) is 0. The topological polar surface area (TPSA) is 74.0 Å². The van der Waals surface area contributed by atoms with Crippen molar-refractivity contribution in [3.05, 3.63) is 65.2 Å². The molecule has 3 aromatic rings. The van der Waals surface area contributed by atoms with Crippen LogP contribution in [-0.2, 0) is 19.5 Å². The Morgan fingerprint density at radius 2 is 2.00 bits per heavy atom. The first-order valence-electron chi connectivity index (χ1n) is 9.35. The molecular weight excluding hydrogens is 399 g/mol. The highest BCUT2D eigenvalue weighted by atomic mass is 19.4. The van der Waals surface area contributed by atoms with Crippen molar-refractivity contribution < 1.29 is 22.7 Å². The van der Waals surface area contributed by atoms with Crippen molar-refractivity contribution in [1.29, 1.82) is 0 Å². The number of amides is 1. The first kappa shape index (κ1) is 21.4. The van der Waals surface area contributed by atoms with Crippen LogP contribution in [0.4, 0.5) is 13.2 Å². The molecule has 1 amide bonds. The Morgan fingerprint density at radius 3 is 2.67 bits per heavy atom. The average Bonchev–Trinajstić information content (AvgIpc) is 3.32. The summed E-state index contributed by atoms with van der Waals surface area (Å²) in [5, 5.41) is 11.4. The molecule has 7 nitrogen and oxygen atoms in total. The Hall–Kier alpha value is -3.30. The van der Waals surface area contributed by atoms with Crippen molar-refractivity contribution in [3.8, 4) is 5.75 Å². The van der Waals surface area contributed by atoms with E-state index in [4.69, 9.17) is 4.74 Å². The highest BCUT2D eigenvalue weighted by Crippen LogP contribution is 2.31.